The summed E-state index contributed by atoms with van der Waals surface area (Å²) in [6.07, 6.45) is 2.97. The van der Waals surface area contributed by atoms with Gasteiger partial charge in [0.2, 0.25) is 0 Å². The zero-order valence-electron chi connectivity index (χ0n) is 6.85. The van der Waals surface area contributed by atoms with Crippen molar-refractivity contribution in [3.05, 3.63) is 41.8 Å². The van der Waals surface area contributed by atoms with Crippen LogP contribution in [0.1, 0.15) is 17.9 Å². The molecule has 1 aromatic rings. The molecule has 1 fully saturated rings. The molecule has 1 saturated carbocycles. The van der Waals surface area contributed by atoms with Gasteiger partial charge in [-0.2, -0.15) is 12.3 Å². The van der Waals surface area contributed by atoms with Crippen molar-refractivity contribution in [1.29, 1.82) is 0 Å². The molecule has 0 aliphatic heterocycles. The second kappa shape index (κ2) is 4.29. The molecule has 0 amide bonds. The van der Waals surface area contributed by atoms with Gasteiger partial charge in [0.25, 0.3) is 0 Å². The summed E-state index contributed by atoms with van der Waals surface area (Å²) in [7, 11) is 0. The molecule has 1 aliphatic rings. The second-order valence-electron chi connectivity index (χ2n) is 2.78. The molecule has 0 nitrogen and oxygen atoms in total. The fourth-order valence-electron chi connectivity index (χ4n) is 1.13. The van der Waals surface area contributed by atoms with E-state index < -0.39 is 11.6 Å². The van der Waals surface area contributed by atoms with Crippen LogP contribution < -0.4 is 51.4 Å². The molecule has 58 valence electrons. The van der Waals surface area contributed by atoms with Crippen molar-refractivity contribution >= 4 is 0 Å². The Morgan fingerprint density at radius 3 is 2.08 bits per heavy atom. The van der Waals surface area contributed by atoms with Gasteiger partial charge in [0.05, 0.1) is 0 Å². The van der Waals surface area contributed by atoms with Crippen LogP contribution in [0.15, 0.2) is 18.2 Å². The van der Waals surface area contributed by atoms with Gasteiger partial charge in [0, 0.05) is 6.07 Å². The minimum atomic E-state index is -0.486. The van der Waals surface area contributed by atoms with Gasteiger partial charge in [-0.3, -0.25) is 0 Å². The van der Waals surface area contributed by atoms with Crippen LogP contribution in [0.2, 0.25) is 0 Å². The Hall–Kier alpha value is 0.716. The minimum absolute atomic E-state index is 0. The van der Waals surface area contributed by atoms with E-state index in [9.17, 15) is 8.78 Å². The molecule has 12 heavy (non-hydrogen) atoms. The monoisotopic (exact) mass is 192 g/mol. The van der Waals surface area contributed by atoms with Crippen LogP contribution in [0, 0.1) is 18.1 Å². The summed E-state index contributed by atoms with van der Waals surface area (Å²) in [5, 5.41) is 0. The molecule has 0 aromatic heterocycles. The van der Waals surface area contributed by atoms with E-state index in [1.807, 2.05) is 6.42 Å². The summed E-state index contributed by atoms with van der Waals surface area (Å²) in [6.45, 7) is 0. The molecule has 1 atom stereocenters. The standard InChI is InChI=1S/C9H7F2.K/c10-8-3-7(6-1-2-6)4-9(11)5-8;/h1,3-6H,2H2;/q-1;+1/t6-;/m1./s1. The zero-order chi connectivity index (χ0) is 7.84. The number of rotatable bonds is 1. The second-order valence-corrected chi connectivity index (χ2v) is 2.78. The van der Waals surface area contributed by atoms with E-state index in [0.29, 0.717) is 5.92 Å². The average Bonchev–Trinajstić information content (AvgIpc) is 2.64. The largest absolute Gasteiger partial charge is 1.00 e. The Kier molecular flexibility index (Phi) is 3.86. The fourth-order valence-corrected chi connectivity index (χ4v) is 1.13. The van der Waals surface area contributed by atoms with Crippen LogP contribution >= 0.6 is 0 Å². The summed E-state index contributed by atoms with van der Waals surface area (Å²) in [4.78, 5) is 0. The molecule has 3 heteroatoms. The van der Waals surface area contributed by atoms with Crippen LogP contribution in [0.25, 0.3) is 0 Å². The molecular formula is C9H7F2K. The van der Waals surface area contributed by atoms with Crippen molar-refractivity contribution in [1.82, 2.24) is 0 Å². The number of halogens is 2. The third-order valence-electron chi connectivity index (χ3n) is 1.78. The first-order valence-electron chi connectivity index (χ1n) is 3.55. The molecule has 0 radical (unpaired) electrons. The molecule has 2 rings (SSSR count). The van der Waals surface area contributed by atoms with Crippen molar-refractivity contribution < 1.29 is 60.2 Å². The Bertz CT molecular complexity index is 262. The molecule has 1 aliphatic carbocycles. The van der Waals surface area contributed by atoms with E-state index in [-0.39, 0.29) is 51.4 Å². The summed E-state index contributed by atoms with van der Waals surface area (Å²) in [5.74, 6) is -0.680. The smallest absolute Gasteiger partial charge is 0.325 e. The summed E-state index contributed by atoms with van der Waals surface area (Å²) in [5.41, 5.74) is 0.752. The maximum atomic E-state index is 12.6. The summed E-state index contributed by atoms with van der Waals surface area (Å²) in [6, 6.07) is 3.67. The van der Waals surface area contributed by atoms with Gasteiger partial charge in [-0.05, 0) is 12.1 Å². The molecule has 0 saturated heterocycles. The van der Waals surface area contributed by atoms with Gasteiger partial charge < -0.3 is 6.42 Å². The first-order chi connectivity index (χ1) is 5.25. The van der Waals surface area contributed by atoms with Gasteiger partial charge in [0.15, 0.2) is 0 Å². The van der Waals surface area contributed by atoms with E-state index in [4.69, 9.17) is 0 Å². The SMILES string of the molecule is Fc1cc(F)cc([C@@H]2[CH-]C2)c1.[K+]. The zero-order valence-corrected chi connectivity index (χ0v) is 9.97. The van der Waals surface area contributed by atoms with Crippen LogP contribution in [-0.4, -0.2) is 0 Å². The van der Waals surface area contributed by atoms with Crippen molar-refractivity contribution in [2.45, 2.75) is 12.3 Å². The van der Waals surface area contributed by atoms with Crippen molar-refractivity contribution in [2.24, 2.45) is 0 Å². The van der Waals surface area contributed by atoms with Crippen LogP contribution in [0.3, 0.4) is 0 Å². The van der Waals surface area contributed by atoms with Crippen LogP contribution in [0.5, 0.6) is 0 Å². The molecule has 1 aromatic carbocycles. The van der Waals surface area contributed by atoms with E-state index >= 15 is 0 Å². The van der Waals surface area contributed by atoms with Crippen LogP contribution in [0.4, 0.5) is 8.78 Å². The minimum Gasteiger partial charge on any atom is -0.325 e. The first kappa shape index (κ1) is 10.8. The van der Waals surface area contributed by atoms with Crippen molar-refractivity contribution in [2.75, 3.05) is 0 Å². The van der Waals surface area contributed by atoms with E-state index in [2.05, 4.69) is 0 Å². The maximum Gasteiger partial charge on any atom is 1.00 e. The van der Waals surface area contributed by atoms with Gasteiger partial charge in [-0.25, -0.2) is 8.78 Å². The fraction of sp³-hybridized carbons (Fsp3) is 0.222. The van der Waals surface area contributed by atoms with E-state index in [0.717, 1.165) is 18.1 Å². The first-order valence-corrected chi connectivity index (χ1v) is 3.55. The van der Waals surface area contributed by atoms with Gasteiger partial charge >= 0.3 is 51.4 Å². The Morgan fingerprint density at radius 2 is 1.67 bits per heavy atom. The molecular weight excluding hydrogens is 185 g/mol. The summed E-state index contributed by atoms with van der Waals surface area (Å²) < 4.78 is 25.1. The van der Waals surface area contributed by atoms with E-state index in [1.54, 1.807) is 0 Å². The van der Waals surface area contributed by atoms with Crippen molar-refractivity contribution in [3.8, 4) is 0 Å². The number of benzene rings is 1. The predicted molar refractivity (Wildman–Crippen MR) is 38.0 cm³/mol. The molecule has 0 unspecified atom stereocenters. The quantitative estimate of drug-likeness (QED) is 0.422. The molecule has 0 spiro atoms. The molecule has 0 N–H and O–H groups in total. The van der Waals surface area contributed by atoms with Crippen molar-refractivity contribution in [3.63, 3.8) is 0 Å². The maximum absolute atomic E-state index is 12.6. The Morgan fingerprint density at radius 1 is 1.17 bits per heavy atom. The third kappa shape index (κ3) is 2.60. The Labute approximate surface area is 113 Å². The summed E-state index contributed by atoms with van der Waals surface area (Å²) >= 11 is 0. The third-order valence-corrected chi connectivity index (χ3v) is 1.78. The normalized spacial score (nSPS) is 20.0. The average molecular weight is 192 g/mol. The number of hydrogen-bond donors (Lipinski definition) is 0. The van der Waals surface area contributed by atoms with Gasteiger partial charge in [0.1, 0.15) is 11.6 Å². The van der Waals surface area contributed by atoms with Gasteiger partial charge in [-0.15, -0.1) is 0 Å². The van der Waals surface area contributed by atoms with Crippen LogP contribution in [-0.2, 0) is 0 Å². The molecule has 0 heterocycles. The molecule has 0 bridgehead atoms. The number of hydrogen-bond acceptors (Lipinski definition) is 0. The van der Waals surface area contributed by atoms with Gasteiger partial charge in [-0.1, -0.05) is 5.56 Å². The van der Waals surface area contributed by atoms with E-state index in [1.165, 1.54) is 12.1 Å². The Balaban J connectivity index is 0.000000720. The predicted octanol–water partition coefficient (Wildman–Crippen LogP) is -0.340. The topological polar surface area (TPSA) is 0 Å².